The van der Waals surface area contributed by atoms with Gasteiger partial charge >= 0.3 is 18.4 Å². The first-order valence-corrected chi connectivity index (χ1v) is 12.2. The van der Waals surface area contributed by atoms with Crippen molar-refractivity contribution in [3.05, 3.63) is 53.6 Å². The maximum absolute atomic E-state index is 13.1. The van der Waals surface area contributed by atoms with Crippen LogP contribution in [0.25, 0.3) is 10.6 Å². The zero-order valence-electron chi connectivity index (χ0n) is 20.7. The number of alkyl halides is 6. The molecule has 0 unspecified atom stereocenters. The number of benzene rings is 2. The third kappa shape index (κ3) is 7.81. The van der Waals surface area contributed by atoms with E-state index in [1.165, 1.54) is 7.11 Å². The summed E-state index contributed by atoms with van der Waals surface area (Å²) in [6.07, 6.45) is -9.76. The SMILES string of the molecule is CC[C@H](C)[C@H](NC(=O)Nc1cc(C(F)(F)F)cc(C(F)(F)F)c1)C(=O)Nc1nnc(-c2cccc(OC)c2)s1. The molecule has 0 radical (unpaired) electrons. The van der Waals surface area contributed by atoms with E-state index in [0.717, 1.165) is 11.3 Å². The number of nitrogens with one attached hydrogen (secondary N) is 3. The van der Waals surface area contributed by atoms with Crippen molar-refractivity contribution in [1.29, 1.82) is 0 Å². The fraction of sp³-hybridized carbons (Fsp3) is 0.333. The first-order valence-electron chi connectivity index (χ1n) is 11.4. The quantitative estimate of drug-likeness (QED) is 0.269. The molecular weight excluding hydrogens is 552 g/mol. The van der Waals surface area contributed by atoms with E-state index in [1.807, 2.05) is 5.32 Å². The number of ether oxygens (including phenoxy) is 1. The van der Waals surface area contributed by atoms with Gasteiger partial charge in [0.2, 0.25) is 11.0 Å². The number of hydrogen-bond acceptors (Lipinski definition) is 6. The van der Waals surface area contributed by atoms with Crippen LogP contribution in [-0.2, 0) is 17.1 Å². The molecule has 3 amide bonds. The van der Waals surface area contributed by atoms with E-state index in [2.05, 4.69) is 20.8 Å². The van der Waals surface area contributed by atoms with Crippen LogP contribution in [0.2, 0.25) is 0 Å². The van der Waals surface area contributed by atoms with Gasteiger partial charge in [-0.2, -0.15) is 26.3 Å². The largest absolute Gasteiger partial charge is 0.497 e. The van der Waals surface area contributed by atoms with Gasteiger partial charge in [-0.1, -0.05) is 43.7 Å². The van der Waals surface area contributed by atoms with Gasteiger partial charge in [-0.25, -0.2) is 4.79 Å². The molecule has 3 rings (SSSR count). The Kier molecular flexibility index (Phi) is 9.04. The minimum absolute atomic E-state index is 0.0552. The fourth-order valence-corrected chi connectivity index (χ4v) is 4.11. The van der Waals surface area contributed by atoms with Gasteiger partial charge in [0.15, 0.2) is 0 Å². The second kappa shape index (κ2) is 11.9. The summed E-state index contributed by atoms with van der Waals surface area (Å²) in [7, 11) is 1.51. The molecule has 1 heterocycles. The molecule has 0 fully saturated rings. The fourth-order valence-electron chi connectivity index (χ4n) is 3.37. The lowest BCUT2D eigenvalue weighted by molar-refractivity contribution is -0.143. The zero-order chi connectivity index (χ0) is 29.0. The van der Waals surface area contributed by atoms with E-state index < -0.39 is 53.1 Å². The number of rotatable bonds is 8. The molecule has 15 heteroatoms. The first-order chi connectivity index (χ1) is 18.2. The number of methoxy groups -OCH3 is 1. The van der Waals surface area contributed by atoms with Crippen LogP contribution in [-0.4, -0.2) is 35.3 Å². The molecule has 8 nitrogen and oxygen atoms in total. The highest BCUT2D eigenvalue weighted by molar-refractivity contribution is 7.18. The number of anilines is 2. The summed E-state index contributed by atoms with van der Waals surface area (Å²) in [4.78, 5) is 25.6. The molecule has 0 aliphatic heterocycles. The van der Waals surface area contributed by atoms with Crippen LogP contribution < -0.4 is 20.7 Å². The number of amides is 3. The Morgan fingerprint density at radius 3 is 2.18 bits per heavy atom. The molecule has 210 valence electrons. The summed E-state index contributed by atoms with van der Waals surface area (Å²) in [5.74, 6) is -0.579. The van der Waals surface area contributed by atoms with Crippen molar-refractivity contribution in [2.75, 3.05) is 17.7 Å². The van der Waals surface area contributed by atoms with Crippen molar-refractivity contribution >= 4 is 34.1 Å². The zero-order valence-corrected chi connectivity index (χ0v) is 21.5. The molecule has 0 spiro atoms. The predicted octanol–water partition coefficient (Wildman–Crippen LogP) is 6.43. The van der Waals surface area contributed by atoms with Gasteiger partial charge < -0.3 is 15.4 Å². The average molecular weight is 576 g/mol. The Balaban J connectivity index is 1.76. The van der Waals surface area contributed by atoms with Crippen LogP contribution in [0.1, 0.15) is 31.4 Å². The summed E-state index contributed by atoms with van der Waals surface area (Å²) >= 11 is 1.05. The molecule has 2 aromatic carbocycles. The van der Waals surface area contributed by atoms with Gasteiger partial charge in [0, 0.05) is 11.3 Å². The smallest absolute Gasteiger partial charge is 0.416 e. The normalized spacial score (nSPS) is 13.4. The summed E-state index contributed by atoms with van der Waals surface area (Å²) in [6.45, 7) is 3.37. The van der Waals surface area contributed by atoms with Gasteiger partial charge in [-0.05, 0) is 36.2 Å². The highest BCUT2D eigenvalue weighted by Crippen LogP contribution is 2.37. The molecular formula is C24H23F6N5O3S. The number of carbonyl (C=O) groups excluding carboxylic acids is 2. The Hall–Kier alpha value is -3.88. The van der Waals surface area contributed by atoms with Crippen LogP contribution in [0.5, 0.6) is 5.75 Å². The maximum Gasteiger partial charge on any atom is 0.416 e. The molecule has 3 N–H and O–H groups in total. The average Bonchev–Trinajstić information content (AvgIpc) is 3.34. The van der Waals surface area contributed by atoms with Gasteiger partial charge in [-0.3, -0.25) is 10.1 Å². The van der Waals surface area contributed by atoms with E-state index in [1.54, 1.807) is 38.1 Å². The van der Waals surface area contributed by atoms with Crippen LogP contribution in [0.15, 0.2) is 42.5 Å². The maximum atomic E-state index is 13.1. The van der Waals surface area contributed by atoms with Crippen molar-refractivity contribution < 1.29 is 40.7 Å². The second-order valence-electron chi connectivity index (χ2n) is 8.39. The predicted molar refractivity (Wildman–Crippen MR) is 132 cm³/mol. The van der Waals surface area contributed by atoms with Crippen molar-refractivity contribution in [3.63, 3.8) is 0 Å². The lowest BCUT2D eigenvalue weighted by atomic mass is 9.98. The lowest BCUT2D eigenvalue weighted by Gasteiger charge is -2.23. The van der Waals surface area contributed by atoms with E-state index in [4.69, 9.17) is 4.74 Å². The summed E-state index contributed by atoms with van der Waals surface area (Å²) < 4.78 is 84.0. The Morgan fingerprint density at radius 2 is 1.62 bits per heavy atom. The third-order valence-electron chi connectivity index (χ3n) is 5.60. The molecule has 0 bridgehead atoms. The first kappa shape index (κ1) is 29.7. The molecule has 39 heavy (non-hydrogen) atoms. The van der Waals surface area contributed by atoms with Crippen LogP contribution in [0.4, 0.5) is 42.0 Å². The molecule has 2 atom stereocenters. The van der Waals surface area contributed by atoms with Crippen molar-refractivity contribution in [1.82, 2.24) is 15.5 Å². The highest BCUT2D eigenvalue weighted by atomic mass is 32.1. The summed E-state index contributed by atoms with van der Waals surface area (Å²) in [5.41, 5.74) is -3.24. The van der Waals surface area contributed by atoms with Crippen molar-refractivity contribution in [2.45, 2.75) is 38.7 Å². The standard InChI is InChI=1S/C24H23F6N5O3S/c1-4-12(2)18(19(36)33-22-35-34-20(39-22)13-6-5-7-17(8-13)38-3)32-21(37)31-16-10-14(23(25,26)27)9-15(11-16)24(28,29)30/h5-12,18H,4H2,1-3H3,(H2,31,32,37)(H,33,35,36)/t12-,18-/m0/s1. The van der Waals surface area contributed by atoms with E-state index in [9.17, 15) is 35.9 Å². The van der Waals surface area contributed by atoms with Gasteiger partial charge in [-0.15, -0.1) is 10.2 Å². The molecule has 0 aliphatic rings. The van der Waals surface area contributed by atoms with Crippen molar-refractivity contribution in [3.8, 4) is 16.3 Å². The molecule has 3 aromatic rings. The monoisotopic (exact) mass is 575 g/mol. The Bertz CT molecular complexity index is 1300. The molecule has 0 saturated heterocycles. The van der Waals surface area contributed by atoms with E-state index >= 15 is 0 Å². The highest BCUT2D eigenvalue weighted by Gasteiger charge is 2.37. The molecule has 0 saturated carbocycles. The number of urea groups is 1. The summed E-state index contributed by atoms with van der Waals surface area (Å²) in [5, 5.41) is 15.4. The number of halogens is 6. The van der Waals surface area contributed by atoms with Crippen LogP contribution in [0, 0.1) is 5.92 Å². The minimum atomic E-state index is -5.08. The van der Waals surface area contributed by atoms with Crippen molar-refractivity contribution in [2.24, 2.45) is 5.92 Å². The second-order valence-corrected chi connectivity index (χ2v) is 9.37. The minimum Gasteiger partial charge on any atom is -0.497 e. The van der Waals surface area contributed by atoms with Crippen LogP contribution in [0.3, 0.4) is 0 Å². The van der Waals surface area contributed by atoms with Crippen LogP contribution >= 0.6 is 11.3 Å². The number of aromatic nitrogens is 2. The number of carbonyl (C=O) groups is 2. The van der Waals surface area contributed by atoms with Gasteiger partial charge in [0.05, 0.1) is 18.2 Å². The third-order valence-corrected chi connectivity index (χ3v) is 6.49. The van der Waals surface area contributed by atoms with E-state index in [0.29, 0.717) is 34.9 Å². The van der Waals surface area contributed by atoms with E-state index in [-0.39, 0.29) is 11.2 Å². The summed E-state index contributed by atoms with van der Waals surface area (Å²) in [6, 6.07) is 5.28. The van der Waals surface area contributed by atoms with Gasteiger partial charge in [0.25, 0.3) is 0 Å². The molecule has 0 aliphatic carbocycles. The number of nitrogens with zero attached hydrogens (tertiary/aromatic N) is 2. The molecule has 1 aromatic heterocycles. The Labute approximate surface area is 222 Å². The lowest BCUT2D eigenvalue weighted by Crippen LogP contribution is -2.49. The Morgan fingerprint density at radius 1 is 0.974 bits per heavy atom. The topological polar surface area (TPSA) is 105 Å². The van der Waals surface area contributed by atoms with Gasteiger partial charge in [0.1, 0.15) is 16.8 Å². The number of hydrogen-bond donors (Lipinski definition) is 3.